The van der Waals surface area contributed by atoms with Gasteiger partial charge in [-0.15, -0.1) is 0 Å². The van der Waals surface area contributed by atoms with Gasteiger partial charge < -0.3 is 16.0 Å². The van der Waals surface area contributed by atoms with Crippen molar-refractivity contribution in [1.82, 2.24) is 16.0 Å². The van der Waals surface area contributed by atoms with Gasteiger partial charge in [0.1, 0.15) is 0 Å². The summed E-state index contributed by atoms with van der Waals surface area (Å²) < 4.78 is 0. The van der Waals surface area contributed by atoms with Crippen LogP contribution in [0.2, 0.25) is 5.02 Å². The number of piperidine rings is 1. The Morgan fingerprint density at radius 1 is 1.39 bits per heavy atom. The Bertz CT molecular complexity index is 622. The summed E-state index contributed by atoms with van der Waals surface area (Å²) in [6.45, 7) is 5.11. The van der Waals surface area contributed by atoms with Gasteiger partial charge in [-0.3, -0.25) is 9.69 Å². The van der Waals surface area contributed by atoms with Gasteiger partial charge in [-0.1, -0.05) is 18.5 Å². The number of benzene rings is 1. The lowest BCUT2D eigenvalue weighted by atomic mass is 9.95. The molecule has 2 fully saturated rings. The molecule has 1 aromatic rings. The van der Waals surface area contributed by atoms with Crippen LogP contribution in [0, 0.1) is 5.92 Å². The summed E-state index contributed by atoms with van der Waals surface area (Å²) in [4.78, 5) is 26.0. The molecule has 0 saturated carbocycles. The number of carbonyl (C=O) groups excluding carboxylic acids is 2. The number of anilines is 1. The molecule has 2 atom stereocenters. The smallest absolute Gasteiger partial charge is 0.321 e. The fraction of sp³-hybridized carbons (Fsp3) is 0.500. The zero-order chi connectivity index (χ0) is 16.4. The molecular weight excluding hydrogens is 316 g/mol. The number of rotatable bonds is 3. The first-order valence-corrected chi connectivity index (χ1v) is 8.30. The molecule has 2 heterocycles. The second-order valence-electron chi connectivity index (χ2n) is 6.10. The number of halogens is 1. The van der Waals surface area contributed by atoms with Crippen LogP contribution in [0.25, 0.3) is 0 Å². The van der Waals surface area contributed by atoms with Gasteiger partial charge in [0.05, 0.1) is 10.6 Å². The highest BCUT2D eigenvalue weighted by Crippen LogP contribution is 2.25. The minimum atomic E-state index is -0.185. The third-order valence-electron chi connectivity index (χ3n) is 4.46. The van der Waals surface area contributed by atoms with Crippen molar-refractivity contribution in [2.75, 3.05) is 31.1 Å². The summed E-state index contributed by atoms with van der Waals surface area (Å²) in [6.07, 6.45) is 0.902. The van der Waals surface area contributed by atoms with E-state index in [-0.39, 0.29) is 18.0 Å². The van der Waals surface area contributed by atoms with Gasteiger partial charge in [0, 0.05) is 24.8 Å². The van der Waals surface area contributed by atoms with Gasteiger partial charge in [-0.2, -0.15) is 0 Å². The molecule has 2 aliphatic heterocycles. The lowest BCUT2D eigenvalue weighted by Gasteiger charge is -2.30. The van der Waals surface area contributed by atoms with Gasteiger partial charge in [-0.25, -0.2) is 4.79 Å². The predicted molar refractivity (Wildman–Crippen MR) is 90.1 cm³/mol. The Balaban J connectivity index is 1.78. The highest BCUT2D eigenvalue weighted by Gasteiger charge is 2.26. The average Bonchev–Trinajstić information content (AvgIpc) is 2.96. The van der Waals surface area contributed by atoms with E-state index in [0.717, 1.165) is 19.5 Å². The zero-order valence-corrected chi connectivity index (χ0v) is 13.8. The minimum absolute atomic E-state index is 0.138. The average molecular weight is 337 g/mol. The first-order valence-electron chi connectivity index (χ1n) is 7.93. The van der Waals surface area contributed by atoms with E-state index in [9.17, 15) is 9.59 Å². The Labute approximate surface area is 140 Å². The summed E-state index contributed by atoms with van der Waals surface area (Å²) in [5.41, 5.74) is 1.10. The maximum Gasteiger partial charge on any atom is 0.321 e. The predicted octanol–water partition coefficient (Wildman–Crippen LogP) is 1.60. The van der Waals surface area contributed by atoms with Crippen molar-refractivity contribution in [3.8, 4) is 0 Å². The molecular formula is C16H21ClN4O2. The van der Waals surface area contributed by atoms with Crippen molar-refractivity contribution >= 4 is 29.2 Å². The fourth-order valence-corrected chi connectivity index (χ4v) is 3.25. The van der Waals surface area contributed by atoms with Crippen molar-refractivity contribution in [3.05, 3.63) is 28.8 Å². The summed E-state index contributed by atoms with van der Waals surface area (Å²) in [7, 11) is 0. The van der Waals surface area contributed by atoms with Gasteiger partial charge in [0.2, 0.25) is 0 Å². The SMILES string of the molecule is CC1CNCCC1NC(=O)c1cc(N2CCNC2=O)ccc1Cl. The third-order valence-corrected chi connectivity index (χ3v) is 4.79. The number of carbonyl (C=O) groups is 2. The molecule has 3 rings (SSSR count). The van der Waals surface area contributed by atoms with Crippen LogP contribution in [0.15, 0.2) is 18.2 Å². The summed E-state index contributed by atoms with van der Waals surface area (Å²) >= 11 is 6.20. The molecule has 7 heteroatoms. The molecule has 2 saturated heterocycles. The monoisotopic (exact) mass is 336 g/mol. The van der Waals surface area contributed by atoms with Crippen molar-refractivity contribution in [2.45, 2.75) is 19.4 Å². The number of amides is 3. The van der Waals surface area contributed by atoms with Crippen LogP contribution in [-0.4, -0.2) is 44.2 Å². The lowest BCUT2D eigenvalue weighted by Crippen LogP contribution is -2.48. The summed E-state index contributed by atoms with van der Waals surface area (Å²) in [5, 5.41) is 9.53. The van der Waals surface area contributed by atoms with Crippen LogP contribution in [0.4, 0.5) is 10.5 Å². The van der Waals surface area contributed by atoms with E-state index < -0.39 is 0 Å². The molecule has 23 heavy (non-hydrogen) atoms. The molecule has 0 aliphatic carbocycles. The highest BCUT2D eigenvalue weighted by molar-refractivity contribution is 6.34. The quantitative estimate of drug-likeness (QED) is 0.785. The Morgan fingerprint density at radius 3 is 2.91 bits per heavy atom. The van der Waals surface area contributed by atoms with Crippen LogP contribution < -0.4 is 20.9 Å². The van der Waals surface area contributed by atoms with Gasteiger partial charge in [0.25, 0.3) is 5.91 Å². The molecule has 1 aromatic carbocycles. The van der Waals surface area contributed by atoms with Crippen molar-refractivity contribution in [3.63, 3.8) is 0 Å². The first kappa shape index (κ1) is 16.1. The zero-order valence-electron chi connectivity index (χ0n) is 13.1. The Morgan fingerprint density at radius 2 is 2.22 bits per heavy atom. The largest absolute Gasteiger partial charge is 0.349 e. The Kier molecular flexibility index (Phi) is 4.73. The van der Waals surface area contributed by atoms with Gasteiger partial charge in [-0.05, 0) is 43.6 Å². The molecule has 6 nitrogen and oxygen atoms in total. The van der Waals surface area contributed by atoms with E-state index in [1.165, 1.54) is 0 Å². The molecule has 0 spiro atoms. The number of urea groups is 1. The van der Waals surface area contributed by atoms with E-state index in [0.29, 0.717) is 35.3 Å². The van der Waals surface area contributed by atoms with Crippen molar-refractivity contribution in [1.29, 1.82) is 0 Å². The summed E-state index contributed by atoms with van der Waals surface area (Å²) in [6, 6.07) is 5.11. The maximum absolute atomic E-state index is 12.6. The molecule has 0 radical (unpaired) electrons. The number of nitrogens with one attached hydrogen (secondary N) is 3. The van der Waals surface area contributed by atoms with E-state index in [1.54, 1.807) is 23.1 Å². The first-order chi connectivity index (χ1) is 11.1. The van der Waals surface area contributed by atoms with Crippen LogP contribution in [0.1, 0.15) is 23.7 Å². The van der Waals surface area contributed by atoms with E-state index >= 15 is 0 Å². The van der Waals surface area contributed by atoms with Crippen LogP contribution in [-0.2, 0) is 0 Å². The Hall–Kier alpha value is -1.79. The molecule has 2 aliphatic rings. The third kappa shape index (κ3) is 3.43. The van der Waals surface area contributed by atoms with Crippen LogP contribution >= 0.6 is 11.6 Å². The minimum Gasteiger partial charge on any atom is -0.349 e. The molecule has 124 valence electrons. The topological polar surface area (TPSA) is 73.5 Å². The lowest BCUT2D eigenvalue weighted by molar-refractivity contribution is 0.0914. The second-order valence-corrected chi connectivity index (χ2v) is 6.50. The molecule has 0 bridgehead atoms. The van der Waals surface area contributed by atoms with Crippen LogP contribution in [0.5, 0.6) is 0 Å². The van der Waals surface area contributed by atoms with E-state index in [2.05, 4.69) is 22.9 Å². The van der Waals surface area contributed by atoms with Crippen molar-refractivity contribution < 1.29 is 9.59 Å². The molecule has 2 unspecified atom stereocenters. The molecule has 3 N–H and O–H groups in total. The van der Waals surface area contributed by atoms with E-state index in [1.807, 2.05) is 0 Å². The molecule has 3 amide bonds. The van der Waals surface area contributed by atoms with Crippen LogP contribution in [0.3, 0.4) is 0 Å². The standard InChI is InChI=1S/C16H21ClN4O2/c1-10-9-18-5-4-14(10)20-15(22)12-8-11(2-3-13(12)17)21-7-6-19-16(21)23/h2-3,8,10,14,18H,4-7,9H2,1H3,(H,19,23)(H,20,22). The number of nitrogens with zero attached hydrogens (tertiary/aromatic N) is 1. The van der Waals surface area contributed by atoms with Gasteiger partial charge in [0.15, 0.2) is 0 Å². The highest BCUT2D eigenvalue weighted by atomic mass is 35.5. The number of hydrogen-bond acceptors (Lipinski definition) is 3. The number of hydrogen-bond donors (Lipinski definition) is 3. The fourth-order valence-electron chi connectivity index (χ4n) is 3.05. The molecule has 0 aromatic heterocycles. The van der Waals surface area contributed by atoms with Gasteiger partial charge >= 0.3 is 6.03 Å². The maximum atomic E-state index is 12.6. The van der Waals surface area contributed by atoms with Crippen molar-refractivity contribution in [2.24, 2.45) is 5.92 Å². The van der Waals surface area contributed by atoms with E-state index in [4.69, 9.17) is 11.6 Å². The second kappa shape index (κ2) is 6.76. The summed E-state index contributed by atoms with van der Waals surface area (Å²) in [5.74, 6) is 0.189. The normalized spacial score (nSPS) is 24.4.